The van der Waals surface area contributed by atoms with Crippen molar-refractivity contribution in [3.63, 3.8) is 0 Å². The molecule has 2 amide bonds. The van der Waals surface area contributed by atoms with Gasteiger partial charge in [0, 0.05) is 49.2 Å². The minimum absolute atomic E-state index is 0.0315. The van der Waals surface area contributed by atoms with Crippen LogP contribution in [0.25, 0.3) is 0 Å². The highest BCUT2D eigenvalue weighted by molar-refractivity contribution is 5.97. The molecule has 2 aromatic rings. The molecule has 0 aliphatic heterocycles. The Kier molecular flexibility index (Phi) is 6.31. The van der Waals surface area contributed by atoms with Gasteiger partial charge in [-0.05, 0) is 37.5 Å². The molecule has 1 heterocycles. The van der Waals surface area contributed by atoms with Gasteiger partial charge < -0.3 is 14.4 Å². The first kappa shape index (κ1) is 20.6. The zero-order chi connectivity index (χ0) is 21.0. The molecule has 1 saturated carbocycles. The Morgan fingerprint density at radius 2 is 2.00 bits per heavy atom. The van der Waals surface area contributed by atoms with Gasteiger partial charge in [-0.25, -0.2) is 0 Å². The van der Waals surface area contributed by atoms with E-state index < -0.39 is 4.92 Å². The van der Waals surface area contributed by atoms with E-state index in [0.29, 0.717) is 19.5 Å². The molecule has 1 aliphatic carbocycles. The molecule has 0 bridgehead atoms. The van der Waals surface area contributed by atoms with E-state index in [9.17, 15) is 19.7 Å². The first-order valence-electron chi connectivity index (χ1n) is 9.84. The zero-order valence-corrected chi connectivity index (χ0v) is 16.8. The van der Waals surface area contributed by atoms with Gasteiger partial charge in [0.05, 0.1) is 11.5 Å². The molecule has 29 heavy (non-hydrogen) atoms. The van der Waals surface area contributed by atoms with Crippen molar-refractivity contribution in [2.75, 3.05) is 13.1 Å². The van der Waals surface area contributed by atoms with Gasteiger partial charge in [-0.15, -0.1) is 0 Å². The van der Waals surface area contributed by atoms with Gasteiger partial charge in [0.15, 0.2) is 0 Å². The Balaban J connectivity index is 1.75. The van der Waals surface area contributed by atoms with Gasteiger partial charge in [0.25, 0.3) is 11.6 Å². The molecule has 154 valence electrons. The van der Waals surface area contributed by atoms with E-state index in [2.05, 4.69) is 0 Å². The number of nitro benzene ring substituents is 1. The number of amides is 2. The normalized spacial score (nSPS) is 13.2. The molecule has 0 N–H and O–H groups in total. The molecular formula is C21H26N4O4. The van der Waals surface area contributed by atoms with Gasteiger partial charge in [-0.3, -0.25) is 19.7 Å². The second kappa shape index (κ2) is 8.89. The van der Waals surface area contributed by atoms with Gasteiger partial charge in [-0.1, -0.05) is 13.0 Å². The lowest BCUT2D eigenvalue weighted by atomic mass is 10.1. The Morgan fingerprint density at radius 1 is 1.24 bits per heavy atom. The molecule has 1 aliphatic rings. The molecule has 0 atom stereocenters. The van der Waals surface area contributed by atoms with E-state index in [4.69, 9.17) is 0 Å². The summed E-state index contributed by atoms with van der Waals surface area (Å²) < 4.78 is 1.99. The number of aryl methyl sites for hydroxylation is 1. The Morgan fingerprint density at radius 3 is 2.59 bits per heavy atom. The van der Waals surface area contributed by atoms with Crippen molar-refractivity contribution in [3.05, 3.63) is 64.0 Å². The number of hydrogen-bond acceptors (Lipinski definition) is 4. The number of benzene rings is 1. The maximum absolute atomic E-state index is 13.1. The third-order valence-corrected chi connectivity index (χ3v) is 5.10. The summed E-state index contributed by atoms with van der Waals surface area (Å²) in [7, 11) is 1.94. The van der Waals surface area contributed by atoms with Crippen LogP contribution in [0.15, 0.2) is 42.6 Å². The second-order valence-electron chi connectivity index (χ2n) is 7.40. The number of hydrogen-bond donors (Lipinski definition) is 0. The topological polar surface area (TPSA) is 88.7 Å². The van der Waals surface area contributed by atoms with Crippen molar-refractivity contribution in [1.29, 1.82) is 0 Å². The summed E-state index contributed by atoms with van der Waals surface area (Å²) in [6, 6.07) is 9.79. The van der Waals surface area contributed by atoms with Gasteiger partial charge in [-0.2, -0.15) is 0 Å². The van der Waals surface area contributed by atoms with Crippen LogP contribution in [0.4, 0.5) is 5.69 Å². The number of rotatable bonds is 9. The smallest absolute Gasteiger partial charge is 0.270 e. The molecule has 8 heteroatoms. The third kappa shape index (κ3) is 5.01. The Hall–Kier alpha value is -3.16. The summed E-state index contributed by atoms with van der Waals surface area (Å²) >= 11 is 0. The van der Waals surface area contributed by atoms with E-state index in [1.54, 1.807) is 6.07 Å². The van der Waals surface area contributed by atoms with E-state index in [1.165, 1.54) is 23.1 Å². The number of carbonyl (C=O) groups excluding carboxylic acids is 2. The highest BCUT2D eigenvalue weighted by Crippen LogP contribution is 2.29. The Bertz CT molecular complexity index is 904. The first-order valence-corrected chi connectivity index (χ1v) is 9.84. The average molecular weight is 398 g/mol. The SMILES string of the molecule is CCCN(CC(=O)N(Cc1cccn1C)C1CC1)C(=O)c1cccc([N+](=O)[O-])c1. The number of aromatic nitrogens is 1. The molecule has 8 nitrogen and oxygen atoms in total. The quantitative estimate of drug-likeness (QED) is 0.480. The minimum atomic E-state index is -0.527. The monoisotopic (exact) mass is 398 g/mol. The van der Waals surface area contributed by atoms with Crippen molar-refractivity contribution in [2.45, 2.75) is 38.8 Å². The molecule has 0 spiro atoms. The first-order chi connectivity index (χ1) is 13.9. The van der Waals surface area contributed by atoms with Gasteiger partial charge in [0.2, 0.25) is 5.91 Å². The van der Waals surface area contributed by atoms with Gasteiger partial charge in [0.1, 0.15) is 6.54 Å². The fourth-order valence-electron chi connectivity index (χ4n) is 3.35. The minimum Gasteiger partial charge on any atom is -0.353 e. The van der Waals surface area contributed by atoms with Crippen molar-refractivity contribution in [3.8, 4) is 0 Å². The van der Waals surface area contributed by atoms with Crippen LogP contribution in [0.3, 0.4) is 0 Å². The summed E-state index contributed by atoms with van der Waals surface area (Å²) in [4.78, 5) is 39.8. The average Bonchev–Trinajstić information content (AvgIpc) is 3.47. The molecule has 1 aromatic carbocycles. The molecule has 3 rings (SSSR count). The van der Waals surface area contributed by atoms with Gasteiger partial charge >= 0.3 is 0 Å². The summed E-state index contributed by atoms with van der Waals surface area (Å²) in [6.07, 6.45) is 4.58. The van der Waals surface area contributed by atoms with Crippen LogP contribution in [0.1, 0.15) is 42.2 Å². The highest BCUT2D eigenvalue weighted by Gasteiger charge is 2.34. The lowest BCUT2D eigenvalue weighted by Crippen LogP contribution is -2.44. The molecule has 1 aromatic heterocycles. The lowest BCUT2D eigenvalue weighted by molar-refractivity contribution is -0.384. The second-order valence-corrected chi connectivity index (χ2v) is 7.40. The largest absolute Gasteiger partial charge is 0.353 e. The van der Waals surface area contributed by atoms with Crippen LogP contribution in [0, 0.1) is 10.1 Å². The standard InChI is InChI=1S/C21H26N4O4/c1-3-11-23(21(27)16-6-4-7-18(13-16)25(28)29)15-20(26)24(17-9-10-17)14-19-8-5-12-22(19)2/h4-8,12-13,17H,3,9-11,14-15H2,1-2H3. The van der Waals surface area contributed by atoms with E-state index in [-0.39, 0.29) is 35.7 Å². The van der Waals surface area contributed by atoms with E-state index in [1.807, 2.05) is 41.8 Å². The molecule has 0 unspecified atom stereocenters. The summed E-state index contributed by atoms with van der Waals surface area (Å²) in [5.41, 5.74) is 1.13. The van der Waals surface area contributed by atoms with Crippen LogP contribution < -0.4 is 0 Å². The number of carbonyl (C=O) groups is 2. The zero-order valence-electron chi connectivity index (χ0n) is 16.8. The van der Waals surface area contributed by atoms with Crippen LogP contribution in [-0.2, 0) is 18.4 Å². The summed E-state index contributed by atoms with van der Waals surface area (Å²) in [5.74, 6) is -0.459. The fraction of sp³-hybridized carbons (Fsp3) is 0.429. The number of nitro groups is 1. The van der Waals surface area contributed by atoms with Crippen LogP contribution in [0.2, 0.25) is 0 Å². The summed E-state index contributed by atoms with van der Waals surface area (Å²) in [6.45, 7) is 2.82. The van der Waals surface area contributed by atoms with Crippen molar-refractivity contribution >= 4 is 17.5 Å². The molecular weight excluding hydrogens is 372 g/mol. The summed E-state index contributed by atoms with van der Waals surface area (Å²) in [5, 5.41) is 11.0. The number of non-ortho nitro benzene ring substituents is 1. The van der Waals surface area contributed by atoms with Crippen LogP contribution >= 0.6 is 0 Å². The Labute approximate surface area is 169 Å². The molecule has 0 saturated heterocycles. The predicted octanol–water partition coefficient (Wildman–Crippen LogP) is 2.98. The van der Waals surface area contributed by atoms with Crippen molar-refractivity contribution in [2.24, 2.45) is 7.05 Å². The maximum atomic E-state index is 13.1. The van der Waals surface area contributed by atoms with E-state index in [0.717, 1.165) is 18.5 Å². The van der Waals surface area contributed by atoms with Crippen molar-refractivity contribution in [1.82, 2.24) is 14.4 Å². The van der Waals surface area contributed by atoms with Crippen LogP contribution in [0.5, 0.6) is 0 Å². The molecule has 0 radical (unpaired) electrons. The van der Waals surface area contributed by atoms with Crippen LogP contribution in [-0.4, -0.2) is 50.2 Å². The highest BCUT2D eigenvalue weighted by atomic mass is 16.6. The predicted molar refractivity (Wildman–Crippen MR) is 108 cm³/mol. The number of nitrogens with zero attached hydrogens (tertiary/aromatic N) is 4. The van der Waals surface area contributed by atoms with Crippen molar-refractivity contribution < 1.29 is 14.5 Å². The fourth-order valence-corrected chi connectivity index (χ4v) is 3.35. The third-order valence-electron chi connectivity index (χ3n) is 5.10. The molecule has 1 fully saturated rings. The maximum Gasteiger partial charge on any atom is 0.270 e. The van der Waals surface area contributed by atoms with E-state index >= 15 is 0 Å². The lowest BCUT2D eigenvalue weighted by Gasteiger charge is -2.28.